The quantitative estimate of drug-likeness (QED) is 0.843. The Morgan fingerprint density at radius 2 is 2.00 bits per heavy atom. The molecule has 0 fully saturated rings. The fraction of sp³-hybridized carbons (Fsp3) is 0.300. The lowest BCUT2D eigenvalue weighted by Crippen LogP contribution is -2.13. The summed E-state index contributed by atoms with van der Waals surface area (Å²) in [4.78, 5) is 10.3. The van der Waals surface area contributed by atoms with Crippen molar-refractivity contribution in [2.24, 2.45) is 0 Å². The van der Waals surface area contributed by atoms with E-state index >= 15 is 0 Å². The lowest BCUT2D eigenvalue weighted by molar-refractivity contribution is -0.137. The minimum Gasteiger partial charge on any atom is -0.480 e. The van der Waals surface area contributed by atoms with Gasteiger partial charge in [0.15, 0.2) is 0 Å². The summed E-state index contributed by atoms with van der Waals surface area (Å²) in [6, 6.07) is 3.35. The Labute approximate surface area is 89.9 Å². The van der Waals surface area contributed by atoms with Crippen LogP contribution in [0.5, 0.6) is 0 Å². The molecule has 0 aliphatic carbocycles. The smallest absolute Gasteiger partial charge is 0.416 e. The third kappa shape index (κ3) is 3.45. The third-order valence-corrected chi connectivity index (χ3v) is 1.85. The lowest BCUT2D eigenvalue weighted by Gasteiger charge is -2.11. The average Bonchev–Trinajstić information content (AvgIpc) is 2.12. The molecule has 1 aromatic carbocycles. The zero-order chi connectivity index (χ0) is 12.3. The van der Waals surface area contributed by atoms with Gasteiger partial charge in [0.2, 0.25) is 0 Å². The lowest BCUT2D eigenvalue weighted by atomic mass is 10.1. The van der Waals surface area contributed by atoms with Crippen molar-refractivity contribution in [3.05, 3.63) is 29.3 Å². The van der Waals surface area contributed by atoms with E-state index in [0.29, 0.717) is 5.56 Å². The third-order valence-electron chi connectivity index (χ3n) is 1.85. The van der Waals surface area contributed by atoms with E-state index in [1.807, 2.05) is 0 Å². The first-order valence-corrected chi connectivity index (χ1v) is 4.43. The van der Waals surface area contributed by atoms with E-state index in [2.05, 4.69) is 5.32 Å². The zero-order valence-corrected chi connectivity index (χ0v) is 8.43. The van der Waals surface area contributed by atoms with Crippen molar-refractivity contribution in [2.75, 3.05) is 11.9 Å². The predicted molar refractivity (Wildman–Crippen MR) is 52.3 cm³/mol. The minimum atomic E-state index is -4.42. The molecular weight excluding hydrogens is 223 g/mol. The largest absolute Gasteiger partial charge is 0.480 e. The normalized spacial score (nSPS) is 11.2. The van der Waals surface area contributed by atoms with Gasteiger partial charge in [0.25, 0.3) is 0 Å². The van der Waals surface area contributed by atoms with E-state index in [1.165, 1.54) is 13.0 Å². The molecule has 16 heavy (non-hydrogen) atoms. The Kier molecular flexibility index (Phi) is 3.41. The number of aryl methyl sites for hydroxylation is 1. The summed E-state index contributed by atoms with van der Waals surface area (Å²) in [5, 5.41) is 10.8. The van der Waals surface area contributed by atoms with E-state index in [0.717, 1.165) is 12.1 Å². The molecule has 0 saturated carbocycles. The topological polar surface area (TPSA) is 49.3 Å². The van der Waals surface area contributed by atoms with E-state index in [4.69, 9.17) is 5.11 Å². The molecule has 6 heteroatoms. The number of hydrogen-bond acceptors (Lipinski definition) is 2. The van der Waals surface area contributed by atoms with Crippen LogP contribution in [-0.2, 0) is 11.0 Å². The molecule has 0 heterocycles. The second-order valence-electron chi connectivity index (χ2n) is 3.33. The monoisotopic (exact) mass is 233 g/mol. The second-order valence-corrected chi connectivity index (χ2v) is 3.33. The number of nitrogens with one attached hydrogen (secondary N) is 1. The molecule has 0 spiro atoms. The summed E-state index contributed by atoms with van der Waals surface area (Å²) in [6.45, 7) is 1.10. The summed E-state index contributed by atoms with van der Waals surface area (Å²) < 4.78 is 37.2. The number of hydrogen-bond donors (Lipinski definition) is 2. The van der Waals surface area contributed by atoms with Crippen molar-refractivity contribution >= 4 is 11.7 Å². The van der Waals surface area contributed by atoms with E-state index in [-0.39, 0.29) is 5.69 Å². The number of halogens is 3. The molecule has 0 aliphatic heterocycles. The molecule has 0 aromatic heterocycles. The maximum atomic E-state index is 12.4. The van der Waals surface area contributed by atoms with Crippen molar-refractivity contribution in [3.63, 3.8) is 0 Å². The van der Waals surface area contributed by atoms with Gasteiger partial charge in [-0.1, -0.05) is 0 Å². The van der Waals surface area contributed by atoms with Crippen molar-refractivity contribution in [1.29, 1.82) is 0 Å². The fourth-order valence-electron chi connectivity index (χ4n) is 1.23. The van der Waals surface area contributed by atoms with E-state index < -0.39 is 24.3 Å². The highest BCUT2D eigenvalue weighted by molar-refractivity contribution is 5.72. The van der Waals surface area contributed by atoms with Gasteiger partial charge in [-0.2, -0.15) is 13.2 Å². The second kappa shape index (κ2) is 4.42. The van der Waals surface area contributed by atoms with Crippen LogP contribution >= 0.6 is 0 Å². The number of anilines is 1. The summed E-state index contributed by atoms with van der Waals surface area (Å²) in [5.41, 5.74) is -0.224. The van der Waals surface area contributed by atoms with Crippen molar-refractivity contribution in [1.82, 2.24) is 0 Å². The molecule has 3 nitrogen and oxygen atoms in total. The van der Waals surface area contributed by atoms with Crippen molar-refractivity contribution in [2.45, 2.75) is 13.1 Å². The van der Waals surface area contributed by atoms with Crippen LogP contribution in [0.15, 0.2) is 18.2 Å². The maximum absolute atomic E-state index is 12.4. The number of rotatable bonds is 3. The van der Waals surface area contributed by atoms with Crippen LogP contribution < -0.4 is 5.32 Å². The van der Waals surface area contributed by atoms with Gasteiger partial charge in [-0.3, -0.25) is 4.79 Å². The molecular formula is C10H10F3NO2. The molecule has 1 rings (SSSR count). The summed E-state index contributed by atoms with van der Waals surface area (Å²) in [5.74, 6) is -1.13. The number of alkyl halides is 3. The van der Waals surface area contributed by atoms with Crippen LogP contribution in [0, 0.1) is 6.92 Å². The highest BCUT2D eigenvalue weighted by atomic mass is 19.4. The number of carboxylic acids is 1. The Bertz CT molecular complexity index is 402. The van der Waals surface area contributed by atoms with Crippen molar-refractivity contribution in [3.8, 4) is 0 Å². The molecule has 0 unspecified atom stereocenters. The highest BCUT2D eigenvalue weighted by Gasteiger charge is 2.30. The van der Waals surface area contributed by atoms with Gasteiger partial charge in [0.05, 0.1) is 5.56 Å². The molecule has 0 bridgehead atoms. The maximum Gasteiger partial charge on any atom is 0.416 e. The van der Waals surface area contributed by atoms with Crippen LogP contribution in [0.4, 0.5) is 18.9 Å². The minimum absolute atomic E-state index is 0.148. The van der Waals surface area contributed by atoms with Gasteiger partial charge in [0, 0.05) is 5.69 Å². The number of carboxylic acid groups (broad SMARTS) is 1. The van der Waals surface area contributed by atoms with Crippen molar-refractivity contribution < 1.29 is 23.1 Å². The Morgan fingerprint density at radius 3 is 2.50 bits per heavy atom. The molecule has 0 saturated heterocycles. The van der Waals surface area contributed by atoms with Gasteiger partial charge >= 0.3 is 12.1 Å². The highest BCUT2D eigenvalue weighted by Crippen LogP contribution is 2.31. The first-order chi connectivity index (χ1) is 7.29. The number of benzene rings is 1. The standard InChI is InChI=1S/C10H10F3NO2/c1-6-2-7(10(11,12)13)4-8(3-6)14-5-9(15)16/h2-4,14H,5H2,1H3,(H,15,16). The van der Waals surface area contributed by atoms with Crippen LogP contribution in [0.1, 0.15) is 11.1 Å². The van der Waals surface area contributed by atoms with Crippen LogP contribution in [0.2, 0.25) is 0 Å². The molecule has 0 atom stereocenters. The first kappa shape index (κ1) is 12.4. The summed E-state index contributed by atoms with van der Waals surface area (Å²) in [6.07, 6.45) is -4.42. The molecule has 1 aromatic rings. The molecule has 0 aliphatic rings. The van der Waals surface area contributed by atoms with Crippen LogP contribution in [-0.4, -0.2) is 17.6 Å². The number of aliphatic carboxylic acids is 1. The Balaban J connectivity index is 2.94. The number of carbonyl (C=O) groups is 1. The average molecular weight is 233 g/mol. The predicted octanol–water partition coefficient (Wildman–Crippen LogP) is 2.51. The Morgan fingerprint density at radius 1 is 1.38 bits per heavy atom. The molecule has 2 N–H and O–H groups in total. The van der Waals surface area contributed by atoms with E-state index in [1.54, 1.807) is 0 Å². The SMILES string of the molecule is Cc1cc(NCC(=O)O)cc(C(F)(F)F)c1. The Hall–Kier alpha value is -1.72. The van der Waals surface area contributed by atoms with E-state index in [9.17, 15) is 18.0 Å². The van der Waals surface area contributed by atoms with Gasteiger partial charge in [-0.05, 0) is 30.7 Å². The fourth-order valence-corrected chi connectivity index (χ4v) is 1.23. The molecule has 88 valence electrons. The van der Waals surface area contributed by atoms with Gasteiger partial charge in [-0.25, -0.2) is 0 Å². The summed E-state index contributed by atoms with van der Waals surface area (Å²) >= 11 is 0. The van der Waals surface area contributed by atoms with Crippen LogP contribution in [0.3, 0.4) is 0 Å². The van der Waals surface area contributed by atoms with Crippen LogP contribution in [0.25, 0.3) is 0 Å². The van der Waals surface area contributed by atoms with Gasteiger partial charge < -0.3 is 10.4 Å². The molecule has 0 amide bonds. The van der Waals surface area contributed by atoms with Gasteiger partial charge in [-0.15, -0.1) is 0 Å². The summed E-state index contributed by atoms with van der Waals surface area (Å²) in [7, 11) is 0. The van der Waals surface area contributed by atoms with Gasteiger partial charge in [0.1, 0.15) is 6.54 Å². The zero-order valence-electron chi connectivity index (χ0n) is 8.43. The first-order valence-electron chi connectivity index (χ1n) is 4.43. The molecule has 0 radical (unpaired) electrons.